The van der Waals surface area contributed by atoms with E-state index in [0.717, 1.165) is 18.7 Å². The van der Waals surface area contributed by atoms with Crippen LogP contribution in [0.5, 0.6) is 0 Å². The van der Waals surface area contributed by atoms with E-state index in [0.29, 0.717) is 17.9 Å². The summed E-state index contributed by atoms with van der Waals surface area (Å²) in [7, 11) is 0. The first kappa shape index (κ1) is 12.9. The summed E-state index contributed by atoms with van der Waals surface area (Å²) in [6.07, 6.45) is 1.11. The molecule has 0 spiro atoms. The predicted octanol–water partition coefficient (Wildman–Crippen LogP) is 3.58. The Morgan fingerprint density at radius 2 is 2.00 bits per heavy atom. The summed E-state index contributed by atoms with van der Waals surface area (Å²) in [6, 6.07) is 10.00. The SMILES string of the molecule is CC(C)[C@@H]1C[C@H](C)N(C(=O)Nc2ccccc2)C1. The molecular formula is C15H22N2O. The van der Waals surface area contributed by atoms with Crippen LogP contribution < -0.4 is 5.32 Å². The highest BCUT2D eigenvalue weighted by Gasteiger charge is 2.33. The number of rotatable bonds is 2. The molecule has 1 aliphatic rings. The minimum atomic E-state index is 0.0249. The highest BCUT2D eigenvalue weighted by atomic mass is 16.2. The lowest BCUT2D eigenvalue weighted by atomic mass is 9.94. The lowest BCUT2D eigenvalue weighted by molar-refractivity contribution is 0.208. The maximum Gasteiger partial charge on any atom is 0.322 e. The number of anilines is 1. The standard InChI is InChI=1S/C15H22N2O/c1-11(2)13-9-12(3)17(10-13)15(18)16-14-7-5-4-6-8-14/h4-8,11-13H,9-10H2,1-3H3,(H,16,18)/t12-,13+/m0/s1. The van der Waals surface area contributed by atoms with Crippen molar-refractivity contribution in [3.05, 3.63) is 30.3 Å². The molecule has 0 radical (unpaired) electrons. The largest absolute Gasteiger partial charge is 0.322 e. The van der Waals surface area contributed by atoms with Crippen LogP contribution in [0, 0.1) is 11.8 Å². The molecule has 2 rings (SSSR count). The van der Waals surface area contributed by atoms with E-state index < -0.39 is 0 Å². The van der Waals surface area contributed by atoms with Crippen molar-refractivity contribution >= 4 is 11.7 Å². The van der Waals surface area contributed by atoms with Crippen LogP contribution in [-0.4, -0.2) is 23.5 Å². The quantitative estimate of drug-likeness (QED) is 0.849. The van der Waals surface area contributed by atoms with Gasteiger partial charge >= 0.3 is 6.03 Å². The zero-order valence-electron chi connectivity index (χ0n) is 11.4. The van der Waals surface area contributed by atoms with Crippen molar-refractivity contribution in [2.24, 2.45) is 11.8 Å². The normalized spacial score (nSPS) is 23.4. The summed E-state index contributed by atoms with van der Waals surface area (Å²) in [4.78, 5) is 14.2. The van der Waals surface area contributed by atoms with E-state index in [9.17, 15) is 4.79 Å². The highest BCUT2D eigenvalue weighted by Crippen LogP contribution is 2.29. The summed E-state index contributed by atoms with van der Waals surface area (Å²) in [5.41, 5.74) is 0.864. The van der Waals surface area contributed by atoms with Gasteiger partial charge in [-0.05, 0) is 37.3 Å². The molecule has 0 aromatic heterocycles. The lowest BCUT2D eigenvalue weighted by Crippen LogP contribution is -2.37. The number of benzene rings is 1. The molecule has 98 valence electrons. The van der Waals surface area contributed by atoms with Crippen LogP contribution in [0.3, 0.4) is 0 Å². The molecule has 0 saturated carbocycles. The maximum absolute atomic E-state index is 12.2. The number of para-hydroxylation sites is 1. The van der Waals surface area contributed by atoms with Crippen molar-refractivity contribution in [3.8, 4) is 0 Å². The average Bonchev–Trinajstić information content (AvgIpc) is 2.73. The first-order valence-corrected chi connectivity index (χ1v) is 6.70. The Kier molecular flexibility index (Phi) is 3.90. The molecule has 1 aromatic rings. The second-order valence-corrected chi connectivity index (χ2v) is 5.54. The number of hydrogen-bond donors (Lipinski definition) is 1. The van der Waals surface area contributed by atoms with Gasteiger partial charge in [-0.15, -0.1) is 0 Å². The molecule has 0 unspecified atom stereocenters. The van der Waals surface area contributed by atoms with Gasteiger partial charge in [-0.1, -0.05) is 32.0 Å². The van der Waals surface area contributed by atoms with Crippen LogP contribution >= 0.6 is 0 Å². The van der Waals surface area contributed by atoms with E-state index in [2.05, 4.69) is 26.1 Å². The van der Waals surface area contributed by atoms with E-state index in [1.54, 1.807) is 0 Å². The fourth-order valence-electron chi connectivity index (χ4n) is 2.56. The van der Waals surface area contributed by atoms with Gasteiger partial charge < -0.3 is 10.2 Å². The van der Waals surface area contributed by atoms with E-state index in [1.807, 2.05) is 35.2 Å². The average molecular weight is 246 g/mol. The zero-order valence-corrected chi connectivity index (χ0v) is 11.4. The molecule has 1 aromatic carbocycles. The molecule has 18 heavy (non-hydrogen) atoms. The minimum Gasteiger partial charge on any atom is -0.322 e. The van der Waals surface area contributed by atoms with Gasteiger partial charge in [0.25, 0.3) is 0 Å². The van der Waals surface area contributed by atoms with Gasteiger partial charge in [0.15, 0.2) is 0 Å². The number of hydrogen-bond acceptors (Lipinski definition) is 1. The Balaban J connectivity index is 1.98. The third kappa shape index (κ3) is 2.84. The van der Waals surface area contributed by atoms with Crippen molar-refractivity contribution < 1.29 is 4.79 Å². The Morgan fingerprint density at radius 3 is 2.56 bits per heavy atom. The molecule has 3 heteroatoms. The Morgan fingerprint density at radius 1 is 1.33 bits per heavy atom. The zero-order chi connectivity index (χ0) is 13.1. The third-order valence-corrected chi connectivity index (χ3v) is 3.84. The molecule has 0 aliphatic carbocycles. The molecule has 1 N–H and O–H groups in total. The number of nitrogens with zero attached hydrogens (tertiary/aromatic N) is 1. The molecule has 3 nitrogen and oxygen atoms in total. The highest BCUT2D eigenvalue weighted by molar-refractivity contribution is 5.89. The number of likely N-dealkylation sites (tertiary alicyclic amines) is 1. The lowest BCUT2D eigenvalue weighted by Gasteiger charge is -2.22. The van der Waals surface area contributed by atoms with Crippen molar-refractivity contribution in [3.63, 3.8) is 0 Å². The maximum atomic E-state index is 12.2. The van der Waals surface area contributed by atoms with Gasteiger partial charge in [-0.2, -0.15) is 0 Å². The molecule has 1 saturated heterocycles. The minimum absolute atomic E-state index is 0.0249. The smallest absolute Gasteiger partial charge is 0.322 e. The molecule has 0 bridgehead atoms. The summed E-state index contributed by atoms with van der Waals surface area (Å²) in [5.74, 6) is 1.27. The number of carbonyl (C=O) groups excluding carboxylic acids is 1. The summed E-state index contributed by atoms with van der Waals surface area (Å²) >= 11 is 0. The van der Waals surface area contributed by atoms with Gasteiger partial charge in [0.2, 0.25) is 0 Å². The molecule has 1 heterocycles. The Bertz CT molecular complexity index is 402. The van der Waals surface area contributed by atoms with E-state index in [1.165, 1.54) is 0 Å². The molecule has 1 fully saturated rings. The number of urea groups is 1. The second kappa shape index (κ2) is 5.42. The van der Waals surface area contributed by atoms with Gasteiger partial charge in [-0.3, -0.25) is 0 Å². The molecular weight excluding hydrogens is 224 g/mol. The van der Waals surface area contributed by atoms with Crippen LogP contribution in [0.2, 0.25) is 0 Å². The topological polar surface area (TPSA) is 32.3 Å². The number of nitrogens with one attached hydrogen (secondary N) is 1. The van der Waals surface area contributed by atoms with E-state index >= 15 is 0 Å². The molecule has 1 aliphatic heterocycles. The second-order valence-electron chi connectivity index (χ2n) is 5.54. The molecule has 2 atom stereocenters. The Hall–Kier alpha value is -1.51. The first-order valence-electron chi connectivity index (χ1n) is 6.70. The van der Waals surface area contributed by atoms with Crippen molar-refractivity contribution in [1.29, 1.82) is 0 Å². The fraction of sp³-hybridized carbons (Fsp3) is 0.533. The van der Waals surface area contributed by atoms with Crippen LogP contribution in [0.4, 0.5) is 10.5 Å². The van der Waals surface area contributed by atoms with Crippen LogP contribution in [0.15, 0.2) is 30.3 Å². The van der Waals surface area contributed by atoms with Gasteiger partial charge in [-0.25, -0.2) is 4.79 Å². The summed E-state index contributed by atoms with van der Waals surface area (Å²) < 4.78 is 0. The fourth-order valence-corrected chi connectivity index (χ4v) is 2.56. The predicted molar refractivity (Wildman–Crippen MR) is 74.6 cm³/mol. The van der Waals surface area contributed by atoms with Crippen LogP contribution in [0.25, 0.3) is 0 Å². The summed E-state index contributed by atoms with van der Waals surface area (Å²) in [5, 5.41) is 2.96. The van der Waals surface area contributed by atoms with Crippen LogP contribution in [-0.2, 0) is 0 Å². The summed E-state index contributed by atoms with van der Waals surface area (Å²) in [6.45, 7) is 7.47. The van der Waals surface area contributed by atoms with E-state index in [-0.39, 0.29) is 6.03 Å². The van der Waals surface area contributed by atoms with Gasteiger partial charge in [0.05, 0.1) is 0 Å². The van der Waals surface area contributed by atoms with E-state index in [4.69, 9.17) is 0 Å². The third-order valence-electron chi connectivity index (χ3n) is 3.84. The van der Waals surface area contributed by atoms with Crippen molar-refractivity contribution in [2.75, 3.05) is 11.9 Å². The Labute approximate surface area is 109 Å². The number of amides is 2. The monoisotopic (exact) mass is 246 g/mol. The number of carbonyl (C=O) groups is 1. The van der Waals surface area contributed by atoms with Crippen molar-refractivity contribution in [1.82, 2.24) is 4.90 Å². The van der Waals surface area contributed by atoms with Crippen molar-refractivity contribution in [2.45, 2.75) is 33.2 Å². The van der Waals surface area contributed by atoms with Gasteiger partial charge in [0, 0.05) is 18.3 Å². The molecule has 2 amide bonds. The van der Waals surface area contributed by atoms with Crippen LogP contribution in [0.1, 0.15) is 27.2 Å². The first-order chi connectivity index (χ1) is 8.58. The van der Waals surface area contributed by atoms with Gasteiger partial charge in [0.1, 0.15) is 0 Å².